The van der Waals surface area contributed by atoms with Gasteiger partial charge in [0.1, 0.15) is 11.8 Å². The zero-order valence-corrected chi connectivity index (χ0v) is 9.48. The number of nitrogens with zero attached hydrogens (tertiary/aromatic N) is 3. The van der Waals surface area contributed by atoms with Crippen LogP contribution in [0.1, 0.15) is 31.9 Å². The highest BCUT2D eigenvalue weighted by Crippen LogP contribution is 2.30. The molecule has 1 aromatic rings. The summed E-state index contributed by atoms with van der Waals surface area (Å²) in [4.78, 5) is 8.19. The Morgan fingerprint density at radius 3 is 3.12 bits per heavy atom. The van der Waals surface area contributed by atoms with Gasteiger partial charge in [-0.3, -0.25) is 0 Å². The van der Waals surface area contributed by atoms with E-state index in [0.29, 0.717) is 17.6 Å². The van der Waals surface area contributed by atoms with E-state index in [0.717, 1.165) is 12.5 Å². The van der Waals surface area contributed by atoms with E-state index in [2.05, 4.69) is 22.2 Å². The zero-order valence-electron chi connectivity index (χ0n) is 9.48. The molecule has 0 amide bonds. The lowest BCUT2D eigenvalue weighted by molar-refractivity contribution is 0.439. The summed E-state index contributed by atoms with van der Waals surface area (Å²) >= 11 is 0. The van der Waals surface area contributed by atoms with Gasteiger partial charge in [0.25, 0.3) is 0 Å². The third-order valence-corrected chi connectivity index (χ3v) is 3.33. The second kappa shape index (κ2) is 4.93. The highest BCUT2D eigenvalue weighted by atomic mass is 15.1. The summed E-state index contributed by atoms with van der Waals surface area (Å²) < 4.78 is 0. The average molecular weight is 216 g/mol. The topological polar surface area (TPSA) is 61.6 Å². The maximum absolute atomic E-state index is 8.72. The van der Waals surface area contributed by atoms with Gasteiger partial charge in [0.2, 0.25) is 5.95 Å². The van der Waals surface area contributed by atoms with E-state index < -0.39 is 0 Å². The lowest BCUT2D eigenvalue weighted by Crippen LogP contribution is -2.17. The van der Waals surface area contributed by atoms with Crippen molar-refractivity contribution in [2.45, 2.75) is 26.2 Å². The van der Waals surface area contributed by atoms with Crippen LogP contribution in [0.2, 0.25) is 0 Å². The summed E-state index contributed by atoms with van der Waals surface area (Å²) in [5.41, 5.74) is 0.414. The Balaban J connectivity index is 1.92. The van der Waals surface area contributed by atoms with Crippen LogP contribution in [-0.4, -0.2) is 16.5 Å². The third-order valence-electron chi connectivity index (χ3n) is 3.33. The molecule has 0 aromatic carbocycles. The Morgan fingerprint density at radius 2 is 2.44 bits per heavy atom. The highest BCUT2D eigenvalue weighted by molar-refractivity contribution is 5.29. The third kappa shape index (κ3) is 2.48. The minimum atomic E-state index is 0.414. The monoisotopic (exact) mass is 216 g/mol. The first-order chi connectivity index (χ1) is 7.79. The number of hydrogen-bond donors (Lipinski definition) is 1. The molecule has 2 unspecified atom stereocenters. The fraction of sp³-hybridized carbons (Fsp3) is 0.583. The SMILES string of the molecule is CC1CCCC1CNc1nccc(C#N)n1. The predicted octanol–water partition coefficient (Wildman–Crippen LogP) is 2.20. The normalized spacial score (nSPS) is 24.0. The Kier molecular flexibility index (Phi) is 3.35. The number of aromatic nitrogens is 2. The fourth-order valence-electron chi connectivity index (χ4n) is 2.25. The largest absolute Gasteiger partial charge is 0.354 e. The van der Waals surface area contributed by atoms with Crippen molar-refractivity contribution in [3.8, 4) is 6.07 Å². The van der Waals surface area contributed by atoms with Crippen LogP contribution in [0.25, 0.3) is 0 Å². The van der Waals surface area contributed by atoms with E-state index in [1.54, 1.807) is 12.3 Å². The summed E-state index contributed by atoms with van der Waals surface area (Å²) in [7, 11) is 0. The molecule has 1 N–H and O–H groups in total. The molecule has 1 saturated carbocycles. The molecular weight excluding hydrogens is 200 g/mol. The van der Waals surface area contributed by atoms with E-state index in [1.807, 2.05) is 6.07 Å². The average Bonchev–Trinajstić information content (AvgIpc) is 2.72. The van der Waals surface area contributed by atoms with Gasteiger partial charge >= 0.3 is 0 Å². The van der Waals surface area contributed by atoms with Crippen LogP contribution in [-0.2, 0) is 0 Å². The molecule has 0 radical (unpaired) electrons. The van der Waals surface area contributed by atoms with Crippen LogP contribution in [0.4, 0.5) is 5.95 Å². The standard InChI is InChI=1S/C12H16N4/c1-9-3-2-4-10(9)8-15-12-14-6-5-11(7-13)16-12/h5-6,9-10H,2-4,8H2,1H3,(H,14,15,16). The Labute approximate surface area is 95.7 Å². The van der Waals surface area contributed by atoms with Crippen molar-refractivity contribution in [3.05, 3.63) is 18.0 Å². The molecule has 4 nitrogen and oxygen atoms in total. The van der Waals surface area contributed by atoms with Crippen molar-refractivity contribution in [1.29, 1.82) is 5.26 Å². The summed E-state index contributed by atoms with van der Waals surface area (Å²) in [6.45, 7) is 3.21. The molecule has 1 aliphatic rings. The van der Waals surface area contributed by atoms with E-state index in [-0.39, 0.29) is 0 Å². The fourth-order valence-corrected chi connectivity index (χ4v) is 2.25. The summed E-state index contributed by atoms with van der Waals surface area (Å²) in [6, 6.07) is 3.63. The second-order valence-electron chi connectivity index (χ2n) is 4.43. The molecule has 0 bridgehead atoms. The molecule has 1 aliphatic carbocycles. The molecule has 16 heavy (non-hydrogen) atoms. The predicted molar refractivity (Wildman–Crippen MR) is 61.7 cm³/mol. The van der Waals surface area contributed by atoms with Crippen LogP contribution >= 0.6 is 0 Å². The number of nitriles is 1. The van der Waals surface area contributed by atoms with Crippen molar-refractivity contribution in [1.82, 2.24) is 9.97 Å². The van der Waals surface area contributed by atoms with Gasteiger partial charge in [-0.05, 0) is 24.3 Å². The Hall–Kier alpha value is -1.63. The molecule has 2 rings (SSSR count). The lowest BCUT2D eigenvalue weighted by atomic mass is 9.98. The smallest absolute Gasteiger partial charge is 0.223 e. The van der Waals surface area contributed by atoms with E-state index >= 15 is 0 Å². The van der Waals surface area contributed by atoms with Gasteiger partial charge in [0.05, 0.1) is 0 Å². The minimum absolute atomic E-state index is 0.414. The summed E-state index contributed by atoms with van der Waals surface area (Å²) in [5, 5.41) is 11.9. The maximum atomic E-state index is 8.72. The van der Waals surface area contributed by atoms with Crippen LogP contribution in [0.5, 0.6) is 0 Å². The Bertz CT molecular complexity index is 396. The zero-order chi connectivity index (χ0) is 11.4. The first-order valence-electron chi connectivity index (χ1n) is 5.76. The number of rotatable bonds is 3. The molecule has 1 aromatic heterocycles. The highest BCUT2D eigenvalue weighted by Gasteiger charge is 2.22. The number of hydrogen-bond acceptors (Lipinski definition) is 4. The van der Waals surface area contributed by atoms with Crippen LogP contribution in [0, 0.1) is 23.2 Å². The van der Waals surface area contributed by atoms with Crippen LogP contribution < -0.4 is 5.32 Å². The quantitative estimate of drug-likeness (QED) is 0.841. The maximum Gasteiger partial charge on any atom is 0.223 e. The second-order valence-corrected chi connectivity index (χ2v) is 4.43. The van der Waals surface area contributed by atoms with Gasteiger partial charge in [0.15, 0.2) is 0 Å². The van der Waals surface area contributed by atoms with E-state index in [1.165, 1.54) is 19.3 Å². The van der Waals surface area contributed by atoms with Gasteiger partial charge < -0.3 is 5.32 Å². The first kappa shape index (κ1) is 10.9. The molecule has 84 valence electrons. The van der Waals surface area contributed by atoms with Crippen molar-refractivity contribution >= 4 is 5.95 Å². The molecule has 0 saturated heterocycles. The lowest BCUT2D eigenvalue weighted by Gasteiger charge is -2.15. The van der Waals surface area contributed by atoms with Crippen LogP contribution in [0.3, 0.4) is 0 Å². The molecule has 4 heteroatoms. The molecule has 0 aliphatic heterocycles. The first-order valence-corrected chi connectivity index (χ1v) is 5.76. The number of nitrogens with one attached hydrogen (secondary N) is 1. The minimum Gasteiger partial charge on any atom is -0.354 e. The van der Waals surface area contributed by atoms with Crippen molar-refractivity contribution < 1.29 is 0 Å². The van der Waals surface area contributed by atoms with Gasteiger partial charge in [-0.1, -0.05) is 19.8 Å². The molecule has 2 atom stereocenters. The van der Waals surface area contributed by atoms with Gasteiger partial charge in [0, 0.05) is 12.7 Å². The van der Waals surface area contributed by atoms with Gasteiger partial charge in [-0.25, -0.2) is 9.97 Å². The van der Waals surface area contributed by atoms with E-state index in [9.17, 15) is 0 Å². The molecule has 1 fully saturated rings. The summed E-state index contributed by atoms with van der Waals surface area (Å²) in [5.74, 6) is 2.07. The van der Waals surface area contributed by atoms with E-state index in [4.69, 9.17) is 5.26 Å². The van der Waals surface area contributed by atoms with Crippen LogP contribution in [0.15, 0.2) is 12.3 Å². The summed E-state index contributed by atoms with van der Waals surface area (Å²) in [6.07, 6.45) is 5.55. The van der Waals surface area contributed by atoms with Crippen molar-refractivity contribution in [3.63, 3.8) is 0 Å². The molecular formula is C12H16N4. The van der Waals surface area contributed by atoms with Gasteiger partial charge in [-0.15, -0.1) is 0 Å². The molecule has 0 spiro atoms. The Morgan fingerprint density at radius 1 is 1.56 bits per heavy atom. The van der Waals surface area contributed by atoms with Crippen molar-refractivity contribution in [2.24, 2.45) is 11.8 Å². The number of anilines is 1. The van der Waals surface area contributed by atoms with Gasteiger partial charge in [-0.2, -0.15) is 5.26 Å². The molecule has 1 heterocycles. The van der Waals surface area contributed by atoms with Crippen molar-refractivity contribution in [2.75, 3.05) is 11.9 Å².